The van der Waals surface area contributed by atoms with E-state index < -0.39 is 0 Å². The molecule has 2 amide bonds. The van der Waals surface area contributed by atoms with Gasteiger partial charge in [0.25, 0.3) is 0 Å². The zero-order valence-electron chi connectivity index (χ0n) is 12.9. The summed E-state index contributed by atoms with van der Waals surface area (Å²) >= 11 is 1.87. The van der Waals surface area contributed by atoms with Crippen molar-refractivity contribution in [2.24, 2.45) is 0 Å². The van der Waals surface area contributed by atoms with Crippen molar-refractivity contribution in [3.05, 3.63) is 54.1 Å². The molecule has 2 aromatic rings. The van der Waals surface area contributed by atoms with Gasteiger partial charge >= 0.3 is 6.03 Å². The van der Waals surface area contributed by atoms with Crippen molar-refractivity contribution >= 4 is 29.2 Å². The highest BCUT2D eigenvalue weighted by molar-refractivity contribution is 8.00. The van der Waals surface area contributed by atoms with E-state index in [1.54, 1.807) is 0 Å². The van der Waals surface area contributed by atoms with Crippen LogP contribution < -0.4 is 10.2 Å². The van der Waals surface area contributed by atoms with E-state index in [9.17, 15) is 4.79 Å². The van der Waals surface area contributed by atoms with Crippen molar-refractivity contribution in [2.75, 3.05) is 16.8 Å². The van der Waals surface area contributed by atoms with Crippen molar-refractivity contribution in [3.8, 4) is 0 Å². The third-order valence-electron chi connectivity index (χ3n) is 3.81. The molecule has 22 heavy (non-hydrogen) atoms. The number of hydrogen-bond donors (Lipinski definition) is 1. The number of fused-ring (bicyclic) bond motifs is 1. The molecule has 1 unspecified atom stereocenters. The maximum atomic E-state index is 12.7. The van der Waals surface area contributed by atoms with Gasteiger partial charge in [-0.25, -0.2) is 4.79 Å². The molecule has 0 radical (unpaired) electrons. The Morgan fingerprint density at radius 3 is 2.86 bits per heavy atom. The van der Waals surface area contributed by atoms with Gasteiger partial charge in [-0.3, -0.25) is 4.90 Å². The highest BCUT2D eigenvalue weighted by atomic mass is 32.2. The molecule has 3 nitrogen and oxygen atoms in total. The van der Waals surface area contributed by atoms with Crippen LogP contribution in [0.4, 0.5) is 16.2 Å². The molecule has 1 aliphatic heterocycles. The summed E-state index contributed by atoms with van der Waals surface area (Å²) in [7, 11) is 0. The second kappa shape index (κ2) is 6.44. The molecule has 0 aromatic heterocycles. The van der Waals surface area contributed by atoms with Crippen molar-refractivity contribution in [1.82, 2.24) is 0 Å². The topological polar surface area (TPSA) is 32.3 Å². The molecule has 4 heteroatoms. The molecular formula is C18H20N2OS. The number of rotatable bonds is 2. The number of aryl methyl sites for hydroxylation is 1. The van der Waals surface area contributed by atoms with Gasteiger partial charge in [-0.05, 0) is 43.2 Å². The minimum atomic E-state index is -0.0585. The van der Waals surface area contributed by atoms with Crippen LogP contribution >= 0.6 is 11.8 Å². The van der Waals surface area contributed by atoms with Gasteiger partial charge in [0, 0.05) is 22.4 Å². The molecule has 0 bridgehead atoms. The maximum Gasteiger partial charge on any atom is 0.326 e. The van der Waals surface area contributed by atoms with Crippen LogP contribution in [-0.2, 0) is 0 Å². The number of thioether (sulfide) groups is 1. The lowest BCUT2D eigenvalue weighted by Crippen LogP contribution is -2.41. The van der Waals surface area contributed by atoms with E-state index in [1.165, 1.54) is 4.90 Å². The lowest BCUT2D eigenvalue weighted by molar-refractivity contribution is 0.256. The number of carbonyl (C=O) groups excluding carboxylic acids is 1. The van der Waals surface area contributed by atoms with E-state index in [4.69, 9.17) is 0 Å². The fourth-order valence-corrected chi connectivity index (χ4v) is 3.82. The number of urea groups is 1. The molecule has 3 rings (SSSR count). The standard InChI is InChI=1S/C18H20N2OS/c1-3-15-12-20(16-9-4-5-10-17(16)22-15)18(21)19-14-8-6-7-13(2)11-14/h4-11,15H,3,12H2,1-2H3,(H,19,21). The summed E-state index contributed by atoms with van der Waals surface area (Å²) in [4.78, 5) is 15.8. The first-order valence-corrected chi connectivity index (χ1v) is 8.46. The quantitative estimate of drug-likeness (QED) is 0.854. The van der Waals surface area contributed by atoms with Crippen LogP contribution in [-0.4, -0.2) is 17.8 Å². The first-order valence-electron chi connectivity index (χ1n) is 7.58. The van der Waals surface area contributed by atoms with Gasteiger partial charge in [-0.1, -0.05) is 31.2 Å². The zero-order valence-corrected chi connectivity index (χ0v) is 13.7. The first kappa shape index (κ1) is 15.0. The van der Waals surface area contributed by atoms with Crippen LogP contribution in [0, 0.1) is 6.92 Å². The number of nitrogens with one attached hydrogen (secondary N) is 1. The lowest BCUT2D eigenvalue weighted by atomic mass is 10.2. The van der Waals surface area contributed by atoms with E-state index in [0.717, 1.165) is 29.9 Å². The Labute approximate surface area is 135 Å². The van der Waals surface area contributed by atoms with Gasteiger partial charge in [-0.15, -0.1) is 11.8 Å². The van der Waals surface area contributed by atoms with Gasteiger partial charge in [0.05, 0.1) is 5.69 Å². The second-order valence-corrected chi connectivity index (χ2v) is 6.87. The molecule has 2 aromatic carbocycles. The summed E-state index contributed by atoms with van der Waals surface area (Å²) in [6.07, 6.45) is 1.05. The van der Waals surface area contributed by atoms with Crippen molar-refractivity contribution < 1.29 is 4.79 Å². The largest absolute Gasteiger partial charge is 0.326 e. The van der Waals surface area contributed by atoms with E-state index in [-0.39, 0.29) is 6.03 Å². The van der Waals surface area contributed by atoms with Gasteiger partial charge in [0.1, 0.15) is 0 Å². The average molecular weight is 312 g/mol. The Morgan fingerprint density at radius 1 is 1.27 bits per heavy atom. The molecule has 0 spiro atoms. The highest BCUT2D eigenvalue weighted by Crippen LogP contribution is 2.39. The van der Waals surface area contributed by atoms with E-state index in [1.807, 2.05) is 66.1 Å². The fraction of sp³-hybridized carbons (Fsp3) is 0.278. The summed E-state index contributed by atoms with van der Waals surface area (Å²) in [5, 5.41) is 3.46. The zero-order chi connectivity index (χ0) is 15.5. The molecule has 1 heterocycles. The van der Waals surface area contributed by atoms with Gasteiger partial charge in [0.15, 0.2) is 0 Å². The highest BCUT2D eigenvalue weighted by Gasteiger charge is 2.28. The summed E-state index contributed by atoms with van der Waals surface area (Å²) in [6, 6.07) is 16.0. The normalized spacial score (nSPS) is 17.0. The molecule has 114 valence electrons. The Morgan fingerprint density at radius 2 is 2.09 bits per heavy atom. The lowest BCUT2D eigenvalue weighted by Gasteiger charge is -2.33. The number of carbonyl (C=O) groups is 1. The number of para-hydroxylation sites is 1. The van der Waals surface area contributed by atoms with E-state index in [2.05, 4.69) is 18.3 Å². The number of benzene rings is 2. The van der Waals surface area contributed by atoms with Crippen molar-refractivity contribution in [2.45, 2.75) is 30.4 Å². The summed E-state index contributed by atoms with van der Waals surface area (Å²) in [6.45, 7) is 4.94. The monoisotopic (exact) mass is 312 g/mol. The summed E-state index contributed by atoms with van der Waals surface area (Å²) in [5.41, 5.74) is 2.98. The molecule has 0 fully saturated rings. The Hall–Kier alpha value is -1.94. The second-order valence-electron chi connectivity index (χ2n) is 5.53. The van der Waals surface area contributed by atoms with Gasteiger partial charge < -0.3 is 5.32 Å². The van der Waals surface area contributed by atoms with Crippen LogP contribution in [0.25, 0.3) is 0 Å². The van der Waals surface area contributed by atoms with Crippen LogP contribution in [0.2, 0.25) is 0 Å². The maximum absolute atomic E-state index is 12.7. The number of hydrogen-bond acceptors (Lipinski definition) is 2. The van der Waals surface area contributed by atoms with Crippen LogP contribution in [0.15, 0.2) is 53.4 Å². The average Bonchev–Trinajstić information content (AvgIpc) is 2.53. The predicted octanol–water partition coefficient (Wildman–Crippen LogP) is 4.92. The van der Waals surface area contributed by atoms with Crippen LogP contribution in [0.1, 0.15) is 18.9 Å². The Kier molecular flexibility index (Phi) is 4.39. The van der Waals surface area contributed by atoms with Crippen LogP contribution in [0.5, 0.6) is 0 Å². The summed E-state index contributed by atoms with van der Waals surface area (Å²) in [5.74, 6) is 0. The smallest absolute Gasteiger partial charge is 0.308 e. The molecular weight excluding hydrogens is 292 g/mol. The minimum absolute atomic E-state index is 0.0585. The van der Waals surface area contributed by atoms with Crippen molar-refractivity contribution in [1.29, 1.82) is 0 Å². The molecule has 0 saturated carbocycles. The number of nitrogens with zero attached hydrogens (tertiary/aromatic N) is 1. The van der Waals surface area contributed by atoms with E-state index >= 15 is 0 Å². The predicted molar refractivity (Wildman–Crippen MR) is 93.9 cm³/mol. The Bertz CT molecular complexity index is 686. The molecule has 1 atom stereocenters. The van der Waals surface area contributed by atoms with E-state index in [0.29, 0.717) is 5.25 Å². The Balaban J connectivity index is 1.85. The van der Waals surface area contributed by atoms with Gasteiger partial charge in [0.2, 0.25) is 0 Å². The number of amides is 2. The SMILES string of the molecule is CCC1CN(C(=O)Nc2cccc(C)c2)c2ccccc2S1. The molecule has 0 saturated heterocycles. The molecule has 1 aliphatic rings. The van der Waals surface area contributed by atoms with Gasteiger partial charge in [-0.2, -0.15) is 0 Å². The van der Waals surface area contributed by atoms with Crippen molar-refractivity contribution in [3.63, 3.8) is 0 Å². The van der Waals surface area contributed by atoms with Crippen LogP contribution in [0.3, 0.4) is 0 Å². The third-order valence-corrected chi connectivity index (χ3v) is 5.22. The first-order chi connectivity index (χ1) is 10.7. The summed E-state index contributed by atoms with van der Waals surface area (Å²) < 4.78 is 0. The number of anilines is 2. The fourth-order valence-electron chi connectivity index (χ4n) is 2.62. The molecule has 0 aliphatic carbocycles. The molecule has 1 N–H and O–H groups in total. The third kappa shape index (κ3) is 3.12. The minimum Gasteiger partial charge on any atom is -0.308 e.